The molecular weight excluding hydrogens is 210 g/mol. The van der Waals surface area contributed by atoms with Gasteiger partial charge in [-0.05, 0) is 25.2 Å². The first-order chi connectivity index (χ1) is 8.09. The minimum absolute atomic E-state index is 0.283. The number of hydrogen-bond acceptors (Lipinski definition) is 3. The van der Waals surface area contributed by atoms with E-state index in [-0.39, 0.29) is 6.04 Å². The van der Waals surface area contributed by atoms with Crippen molar-refractivity contribution < 1.29 is 0 Å². The van der Waals surface area contributed by atoms with Crippen LogP contribution in [0.5, 0.6) is 0 Å². The van der Waals surface area contributed by atoms with E-state index in [0.717, 1.165) is 5.69 Å². The average Bonchev–Trinajstić information content (AvgIpc) is 2.33. The lowest BCUT2D eigenvalue weighted by molar-refractivity contribution is 0.157. The number of aromatic nitrogens is 2. The zero-order valence-electron chi connectivity index (χ0n) is 11.1. The van der Waals surface area contributed by atoms with Crippen LogP contribution in [-0.4, -0.2) is 16.0 Å². The Labute approximate surface area is 104 Å². The van der Waals surface area contributed by atoms with Crippen molar-refractivity contribution >= 4 is 0 Å². The average molecular weight is 233 g/mol. The Morgan fingerprint density at radius 1 is 1.35 bits per heavy atom. The lowest BCUT2D eigenvalue weighted by Crippen LogP contribution is -2.45. The van der Waals surface area contributed by atoms with E-state index in [9.17, 15) is 0 Å². The molecule has 1 heterocycles. The summed E-state index contributed by atoms with van der Waals surface area (Å²) in [6, 6.07) is 0.874. The predicted molar refractivity (Wildman–Crippen MR) is 69.6 cm³/mol. The van der Waals surface area contributed by atoms with E-state index in [1.807, 2.05) is 6.20 Å². The molecule has 1 aromatic heterocycles. The highest BCUT2D eigenvalue weighted by Crippen LogP contribution is 2.36. The second-order valence-corrected chi connectivity index (χ2v) is 5.81. The first-order valence-corrected chi connectivity index (χ1v) is 6.61. The summed E-state index contributed by atoms with van der Waals surface area (Å²) in [5.41, 5.74) is 1.43. The van der Waals surface area contributed by atoms with E-state index in [1.54, 1.807) is 12.4 Å². The largest absolute Gasteiger partial charge is 0.305 e. The Hall–Kier alpha value is -0.960. The van der Waals surface area contributed by atoms with Crippen molar-refractivity contribution in [2.75, 3.05) is 0 Å². The Bertz CT molecular complexity index is 348. The quantitative estimate of drug-likeness (QED) is 0.871. The van der Waals surface area contributed by atoms with Crippen LogP contribution in [0.25, 0.3) is 0 Å². The normalized spacial score (nSPS) is 25.5. The predicted octanol–water partition coefficient (Wildman–Crippen LogP) is 3.10. The molecule has 2 atom stereocenters. The maximum atomic E-state index is 4.37. The van der Waals surface area contributed by atoms with Gasteiger partial charge < -0.3 is 5.32 Å². The van der Waals surface area contributed by atoms with Crippen LogP contribution >= 0.6 is 0 Å². The number of rotatable bonds is 3. The topological polar surface area (TPSA) is 37.8 Å². The highest BCUT2D eigenvalue weighted by atomic mass is 15.0. The van der Waals surface area contributed by atoms with Gasteiger partial charge in [0.1, 0.15) is 0 Å². The first-order valence-electron chi connectivity index (χ1n) is 6.61. The monoisotopic (exact) mass is 233 g/mol. The smallest absolute Gasteiger partial charge is 0.0753 e. The van der Waals surface area contributed by atoms with Crippen LogP contribution in [0.4, 0.5) is 0 Å². The van der Waals surface area contributed by atoms with Crippen LogP contribution in [-0.2, 0) is 0 Å². The van der Waals surface area contributed by atoms with Crippen molar-refractivity contribution in [3.05, 3.63) is 24.3 Å². The van der Waals surface area contributed by atoms with Crippen molar-refractivity contribution in [1.29, 1.82) is 0 Å². The molecule has 1 aliphatic carbocycles. The summed E-state index contributed by atoms with van der Waals surface area (Å²) in [7, 11) is 0. The molecular formula is C14H23N3. The van der Waals surface area contributed by atoms with Gasteiger partial charge in [-0.2, -0.15) is 0 Å². The van der Waals surface area contributed by atoms with Crippen molar-refractivity contribution in [3.63, 3.8) is 0 Å². The SMILES string of the molecule is CC(NC1CCCCC1(C)C)c1cnccn1. The van der Waals surface area contributed by atoms with E-state index in [1.165, 1.54) is 25.7 Å². The van der Waals surface area contributed by atoms with E-state index in [4.69, 9.17) is 0 Å². The highest BCUT2D eigenvalue weighted by Gasteiger charge is 2.32. The maximum absolute atomic E-state index is 4.37. The van der Waals surface area contributed by atoms with Gasteiger partial charge in [0.25, 0.3) is 0 Å². The summed E-state index contributed by atoms with van der Waals surface area (Å²) in [5.74, 6) is 0. The molecule has 0 aliphatic heterocycles. The lowest BCUT2D eigenvalue weighted by Gasteiger charge is -2.40. The molecule has 1 aromatic rings. The molecule has 17 heavy (non-hydrogen) atoms. The van der Waals surface area contributed by atoms with E-state index in [0.29, 0.717) is 11.5 Å². The second kappa shape index (κ2) is 5.13. The van der Waals surface area contributed by atoms with Gasteiger partial charge in [-0.1, -0.05) is 26.7 Å². The van der Waals surface area contributed by atoms with Crippen molar-refractivity contribution in [1.82, 2.24) is 15.3 Å². The molecule has 3 nitrogen and oxygen atoms in total. The van der Waals surface area contributed by atoms with Gasteiger partial charge >= 0.3 is 0 Å². The lowest BCUT2D eigenvalue weighted by atomic mass is 9.73. The summed E-state index contributed by atoms with van der Waals surface area (Å²) in [5, 5.41) is 3.72. The third kappa shape index (κ3) is 3.03. The summed E-state index contributed by atoms with van der Waals surface area (Å²) in [6.45, 7) is 6.91. The van der Waals surface area contributed by atoms with Crippen LogP contribution in [0, 0.1) is 5.41 Å². The number of nitrogens with zero attached hydrogens (tertiary/aromatic N) is 2. The van der Waals surface area contributed by atoms with Gasteiger partial charge in [-0.25, -0.2) is 0 Å². The maximum Gasteiger partial charge on any atom is 0.0753 e. The minimum Gasteiger partial charge on any atom is -0.305 e. The fourth-order valence-electron chi connectivity index (χ4n) is 2.72. The molecule has 2 unspecified atom stereocenters. The second-order valence-electron chi connectivity index (χ2n) is 5.81. The van der Waals surface area contributed by atoms with E-state index in [2.05, 4.69) is 36.1 Å². The van der Waals surface area contributed by atoms with Crippen molar-refractivity contribution in [2.24, 2.45) is 5.41 Å². The third-order valence-corrected chi connectivity index (χ3v) is 3.99. The van der Waals surface area contributed by atoms with Gasteiger partial charge in [-0.15, -0.1) is 0 Å². The number of hydrogen-bond donors (Lipinski definition) is 1. The van der Waals surface area contributed by atoms with Crippen LogP contribution < -0.4 is 5.32 Å². The summed E-state index contributed by atoms with van der Waals surface area (Å²) >= 11 is 0. The first kappa shape index (κ1) is 12.5. The summed E-state index contributed by atoms with van der Waals surface area (Å²) in [6.07, 6.45) is 10.6. The highest BCUT2D eigenvalue weighted by molar-refractivity contribution is 5.02. The molecule has 0 amide bonds. The van der Waals surface area contributed by atoms with Crippen molar-refractivity contribution in [2.45, 2.75) is 58.5 Å². The van der Waals surface area contributed by atoms with Gasteiger partial charge in [-0.3, -0.25) is 9.97 Å². The van der Waals surface area contributed by atoms with Gasteiger partial charge in [0, 0.05) is 30.7 Å². The zero-order chi connectivity index (χ0) is 12.3. The standard InChI is InChI=1S/C14H23N3/c1-11(12-10-15-8-9-16-12)17-13-6-4-5-7-14(13,2)3/h8-11,13,17H,4-7H2,1-3H3. The van der Waals surface area contributed by atoms with Crippen LogP contribution in [0.3, 0.4) is 0 Å². The number of nitrogens with one attached hydrogen (secondary N) is 1. The molecule has 0 radical (unpaired) electrons. The van der Waals surface area contributed by atoms with Crippen LogP contribution in [0.15, 0.2) is 18.6 Å². The molecule has 1 saturated carbocycles. The van der Waals surface area contributed by atoms with Gasteiger partial charge in [0.2, 0.25) is 0 Å². The van der Waals surface area contributed by atoms with Crippen LogP contribution in [0.2, 0.25) is 0 Å². The summed E-state index contributed by atoms with van der Waals surface area (Å²) in [4.78, 5) is 8.50. The molecule has 0 saturated heterocycles. The Morgan fingerprint density at radius 3 is 2.82 bits per heavy atom. The fraction of sp³-hybridized carbons (Fsp3) is 0.714. The molecule has 1 N–H and O–H groups in total. The molecule has 94 valence electrons. The van der Waals surface area contributed by atoms with E-state index < -0.39 is 0 Å². The molecule has 2 rings (SSSR count). The van der Waals surface area contributed by atoms with Crippen LogP contribution in [0.1, 0.15) is 58.2 Å². The van der Waals surface area contributed by atoms with Gasteiger partial charge in [0.15, 0.2) is 0 Å². The molecule has 0 spiro atoms. The van der Waals surface area contributed by atoms with Gasteiger partial charge in [0.05, 0.1) is 5.69 Å². The Morgan fingerprint density at radius 2 is 2.18 bits per heavy atom. The minimum atomic E-state index is 0.283. The third-order valence-electron chi connectivity index (χ3n) is 3.99. The molecule has 1 aliphatic rings. The fourth-order valence-corrected chi connectivity index (χ4v) is 2.72. The Balaban J connectivity index is 2.00. The zero-order valence-corrected chi connectivity index (χ0v) is 11.1. The molecule has 1 fully saturated rings. The molecule has 0 aromatic carbocycles. The molecule has 3 heteroatoms. The molecule has 0 bridgehead atoms. The van der Waals surface area contributed by atoms with E-state index >= 15 is 0 Å². The summed E-state index contributed by atoms with van der Waals surface area (Å²) < 4.78 is 0. The Kier molecular flexibility index (Phi) is 3.77. The van der Waals surface area contributed by atoms with Crippen molar-refractivity contribution in [3.8, 4) is 0 Å².